The number of ether oxygens (including phenoxy) is 3. The lowest BCUT2D eigenvalue weighted by molar-refractivity contribution is -0.139. The lowest BCUT2D eigenvalue weighted by atomic mass is 10.00. The van der Waals surface area contributed by atoms with Gasteiger partial charge in [-0.15, -0.1) is 11.8 Å². The second-order valence-corrected chi connectivity index (χ2v) is 6.42. The van der Waals surface area contributed by atoms with Gasteiger partial charge in [0.2, 0.25) is 0 Å². The molecule has 126 valence electrons. The number of H-pyrrole nitrogens is 1. The molecule has 8 heteroatoms. The number of hydrogen-bond acceptors (Lipinski definition) is 7. The molecular formula is C16H15NO6S. The quantitative estimate of drug-likeness (QED) is 0.668. The number of rotatable bonds is 3. The number of methoxy groups -OCH3 is 3. The summed E-state index contributed by atoms with van der Waals surface area (Å²) < 4.78 is 14.4. The molecule has 0 spiro atoms. The zero-order valence-corrected chi connectivity index (χ0v) is 14.1. The maximum atomic E-state index is 12.2. The number of carbonyl (C=O) groups excluding carboxylic acids is 3. The topological polar surface area (TPSA) is 94.7 Å². The smallest absolute Gasteiger partial charge is 0.340 e. The van der Waals surface area contributed by atoms with Crippen molar-refractivity contribution in [1.82, 2.24) is 4.98 Å². The van der Waals surface area contributed by atoms with Gasteiger partial charge in [0.05, 0.1) is 38.0 Å². The number of nitrogens with one attached hydrogen (secondary N) is 1. The van der Waals surface area contributed by atoms with E-state index in [2.05, 4.69) is 4.98 Å². The molecule has 2 aromatic rings. The monoisotopic (exact) mass is 349 g/mol. The molecule has 0 saturated heterocycles. The van der Waals surface area contributed by atoms with Gasteiger partial charge in [-0.05, 0) is 18.1 Å². The van der Waals surface area contributed by atoms with Crippen LogP contribution in [0.25, 0.3) is 10.9 Å². The third-order valence-electron chi connectivity index (χ3n) is 3.94. The van der Waals surface area contributed by atoms with Gasteiger partial charge < -0.3 is 19.2 Å². The van der Waals surface area contributed by atoms with E-state index in [9.17, 15) is 14.4 Å². The second-order valence-electron chi connectivity index (χ2n) is 5.18. The Morgan fingerprint density at radius 2 is 1.83 bits per heavy atom. The van der Waals surface area contributed by atoms with Crippen LogP contribution < -0.4 is 0 Å². The van der Waals surface area contributed by atoms with Crippen molar-refractivity contribution in [2.45, 2.75) is 16.6 Å². The SMILES string of the molecule is COC(=O)c1cc2c3c(c[nH]c3c1C(=O)OC)CC(C(=O)OC)S2. The van der Waals surface area contributed by atoms with Crippen LogP contribution in [0.1, 0.15) is 26.3 Å². The Kier molecular flexibility index (Phi) is 4.23. The van der Waals surface area contributed by atoms with Crippen molar-refractivity contribution in [1.29, 1.82) is 0 Å². The van der Waals surface area contributed by atoms with Gasteiger partial charge in [-0.2, -0.15) is 0 Å². The van der Waals surface area contributed by atoms with E-state index in [1.165, 1.54) is 33.1 Å². The van der Waals surface area contributed by atoms with Crippen LogP contribution in [0.5, 0.6) is 0 Å². The molecule has 7 nitrogen and oxygen atoms in total. The van der Waals surface area contributed by atoms with E-state index in [4.69, 9.17) is 14.2 Å². The zero-order chi connectivity index (χ0) is 17.4. The molecule has 0 amide bonds. The van der Waals surface area contributed by atoms with Gasteiger partial charge in [-0.3, -0.25) is 4.79 Å². The van der Waals surface area contributed by atoms with Gasteiger partial charge in [0, 0.05) is 16.5 Å². The third kappa shape index (κ3) is 2.43. The molecule has 1 aromatic carbocycles. The summed E-state index contributed by atoms with van der Waals surface area (Å²) in [4.78, 5) is 39.9. The summed E-state index contributed by atoms with van der Waals surface area (Å²) in [5, 5.41) is 0.407. The van der Waals surface area contributed by atoms with E-state index < -0.39 is 17.2 Å². The van der Waals surface area contributed by atoms with Crippen molar-refractivity contribution in [3.8, 4) is 0 Å². The van der Waals surface area contributed by atoms with Gasteiger partial charge in [-0.25, -0.2) is 9.59 Å². The molecule has 1 aliphatic rings. The first-order valence-corrected chi connectivity index (χ1v) is 7.97. The molecule has 1 aliphatic heterocycles. The maximum absolute atomic E-state index is 12.2. The molecule has 0 radical (unpaired) electrons. The van der Waals surface area contributed by atoms with E-state index >= 15 is 0 Å². The summed E-state index contributed by atoms with van der Waals surface area (Å²) in [6.07, 6.45) is 2.21. The first-order valence-electron chi connectivity index (χ1n) is 7.09. The Morgan fingerprint density at radius 1 is 1.12 bits per heavy atom. The molecule has 1 unspecified atom stereocenters. The predicted octanol–water partition coefficient (Wildman–Crippen LogP) is 1.93. The summed E-state index contributed by atoms with van der Waals surface area (Å²) in [7, 11) is 3.83. The highest BCUT2D eigenvalue weighted by molar-refractivity contribution is 8.01. The van der Waals surface area contributed by atoms with Crippen LogP contribution in [0.15, 0.2) is 17.2 Å². The standard InChI is InChI=1S/C16H15NO6S/c1-21-14(18)8-5-9-11-7(4-10(24-9)15(19)22-2)6-17-13(11)12(8)16(20)23-3/h5-6,10,17H,4H2,1-3H3. The number of thioether (sulfide) groups is 1. The molecule has 24 heavy (non-hydrogen) atoms. The number of benzene rings is 1. The first-order chi connectivity index (χ1) is 11.5. The van der Waals surface area contributed by atoms with E-state index in [1.807, 2.05) is 0 Å². The average molecular weight is 349 g/mol. The summed E-state index contributed by atoms with van der Waals surface area (Å²) in [6.45, 7) is 0. The Bertz CT molecular complexity index is 856. The van der Waals surface area contributed by atoms with Gasteiger partial charge in [0.25, 0.3) is 0 Å². The molecule has 1 N–H and O–H groups in total. The molecule has 2 heterocycles. The van der Waals surface area contributed by atoms with E-state index in [-0.39, 0.29) is 17.1 Å². The highest BCUT2D eigenvalue weighted by Gasteiger charge is 2.33. The van der Waals surface area contributed by atoms with Gasteiger partial charge in [0.1, 0.15) is 5.25 Å². The predicted molar refractivity (Wildman–Crippen MR) is 86.3 cm³/mol. The fourth-order valence-electron chi connectivity index (χ4n) is 2.85. The minimum absolute atomic E-state index is 0.0956. The lowest BCUT2D eigenvalue weighted by Crippen LogP contribution is -2.23. The van der Waals surface area contributed by atoms with Gasteiger partial charge in [0.15, 0.2) is 0 Å². The lowest BCUT2D eigenvalue weighted by Gasteiger charge is -2.21. The Hall–Kier alpha value is -2.48. The van der Waals surface area contributed by atoms with Crippen LogP contribution in [0, 0.1) is 0 Å². The zero-order valence-electron chi connectivity index (χ0n) is 13.3. The summed E-state index contributed by atoms with van der Waals surface area (Å²) in [6, 6.07) is 1.57. The summed E-state index contributed by atoms with van der Waals surface area (Å²) in [5.74, 6) is -1.61. The average Bonchev–Trinajstić information content (AvgIpc) is 3.04. The fourth-order valence-corrected chi connectivity index (χ4v) is 4.15. The normalized spacial score (nSPS) is 15.9. The van der Waals surface area contributed by atoms with Crippen LogP contribution in [0.2, 0.25) is 0 Å². The molecule has 0 bridgehead atoms. The summed E-state index contributed by atoms with van der Waals surface area (Å²) in [5.41, 5.74) is 1.62. The van der Waals surface area contributed by atoms with Crippen molar-refractivity contribution in [2.75, 3.05) is 21.3 Å². The van der Waals surface area contributed by atoms with Gasteiger partial charge >= 0.3 is 17.9 Å². The molecule has 0 saturated carbocycles. The second kappa shape index (κ2) is 6.20. The molecular weight excluding hydrogens is 334 g/mol. The molecule has 0 fully saturated rings. The number of carbonyl (C=O) groups is 3. The van der Waals surface area contributed by atoms with Crippen LogP contribution in [0.3, 0.4) is 0 Å². The van der Waals surface area contributed by atoms with Crippen molar-refractivity contribution < 1.29 is 28.6 Å². The van der Waals surface area contributed by atoms with E-state index in [1.54, 1.807) is 12.3 Å². The number of hydrogen-bond donors (Lipinski definition) is 1. The van der Waals surface area contributed by atoms with Crippen molar-refractivity contribution >= 4 is 40.6 Å². The van der Waals surface area contributed by atoms with Crippen molar-refractivity contribution in [3.63, 3.8) is 0 Å². The van der Waals surface area contributed by atoms with Crippen molar-refractivity contribution in [2.24, 2.45) is 0 Å². The van der Waals surface area contributed by atoms with E-state index in [0.29, 0.717) is 11.9 Å². The maximum Gasteiger partial charge on any atom is 0.340 e. The van der Waals surface area contributed by atoms with Crippen LogP contribution in [0.4, 0.5) is 0 Å². The first kappa shape index (κ1) is 16.4. The van der Waals surface area contributed by atoms with E-state index in [0.717, 1.165) is 15.8 Å². The van der Waals surface area contributed by atoms with Crippen molar-refractivity contribution in [3.05, 3.63) is 29.0 Å². The van der Waals surface area contributed by atoms with Crippen LogP contribution in [-0.4, -0.2) is 49.5 Å². The Labute approximate surface area is 141 Å². The number of aromatic nitrogens is 1. The molecule has 1 atom stereocenters. The summed E-state index contributed by atoms with van der Waals surface area (Å²) >= 11 is 1.30. The number of esters is 3. The Balaban J connectivity index is 2.24. The fraction of sp³-hybridized carbons (Fsp3) is 0.312. The number of aromatic amines is 1. The van der Waals surface area contributed by atoms with Crippen LogP contribution in [-0.2, 0) is 25.4 Å². The largest absolute Gasteiger partial charge is 0.468 e. The molecule has 3 rings (SSSR count). The minimum Gasteiger partial charge on any atom is -0.468 e. The Morgan fingerprint density at radius 3 is 2.46 bits per heavy atom. The van der Waals surface area contributed by atoms with Gasteiger partial charge in [-0.1, -0.05) is 0 Å². The van der Waals surface area contributed by atoms with Crippen LogP contribution >= 0.6 is 11.8 Å². The minimum atomic E-state index is -0.648. The highest BCUT2D eigenvalue weighted by Crippen LogP contribution is 2.42. The highest BCUT2D eigenvalue weighted by atomic mass is 32.2. The molecule has 1 aromatic heterocycles. The molecule has 0 aliphatic carbocycles. The third-order valence-corrected chi connectivity index (χ3v) is 5.16.